The molecule has 1 aromatic heterocycles. The summed E-state index contributed by atoms with van der Waals surface area (Å²) in [5.41, 5.74) is 5.61. The fourth-order valence-electron chi connectivity index (χ4n) is 1.21. The molecule has 0 saturated carbocycles. The summed E-state index contributed by atoms with van der Waals surface area (Å²) in [5, 5.41) is 0. The van der Waals surface area contributed by atoms with Gasteiger partial charge in [0.15, 0.2) is 11.6 Å². The third-order valence-electron chi connectivity index (χ3n) is 1.71. The van der Waals surface area contributed by atoms with Gasteiger partial charge in [0.1, 0.15) is 0 Å². The van der Waals surface area contributed by atoms with Crippen LogP contribution >= 0.6 is 15.9 Å². The number of hydrogen-bond acceptors (Lipinski definition) is 3. The van der Waals surface area contributed by atoms with Crippen molar-refractivity contribution in [2.45, 2.75) is 13.0 Å². The lowest BCUT2D eigenvalue weighted by atomic mass is 10.3. The fourth-order valence-corrected chi connectivity index (χ4v) is 1.51. The maximum absolute atomic E-state index is 13.4. The van der Waals surface area contributed by atoms with Gasteiger partial charge < -0.3 is 10.6 Å². The molecular formula is C9H13BrFN3. The Morgan fingerprint density at radius 3 is 2.86 bits per heavy atom. The van der Waals surface area contributed by atoms with Crippen LogP contribution in [0.25, 0.3) is 0 Å². The first-order chi connectivity index (χ1) is 6.50. The van der Waals surface area contributed by atoms with E-state index >= 15 is 0 Å². The van der Waals surface area contributed by atoms with Crippen LogP contribution in [0.3, 0.4) is 0 Å². The first kappa shape index (κ1) is 11.4. The molecule has 1 heterocycles. The molecule has 0 aliphatic carbocycles. The van der Waals surface area contributed by atoms with Crippen molar-refractivity contribution in [1.29, 1.82) is 0 Å². The Morgan fingerprint density at radius 1 is 1.71 bits per heavy atom. The highest BCUT2D eigenvalue weighted by molar-refractivity contribution is 9.10. The van der Waals surface area contributed by atoms with Crippen molar-refractivity contribution in [2.75, 3.05) is 18.5 Å². The van der Waals surface area contributed by atoms with Crippen molar-refractivity contribution in [3.63, 3.8) is 0 Å². The van der Waals surface area contributed by atoms with Crippen LogP contribution in [0.2, 0.25) is 0 Å². The van der Waals surface area contributed by atoms with Gasteiger partial charge in [-0.2, -0.15) is 0 Å². The van der Waals surface area contributed by atoms with Crippen LogP contribution < -0.4 is 10.6 Å². The SMILES string of the molecule is CC(N)CN(C)c1ncc(Br)cc1F. The van der Waals surface area contributed by atoms with E-state index in [1.165, 1.54) is 6.07 Å². The molecule has 3 nitrogen and oxygen atoms in total. The summed E-state index contributed by atoms with van der Waals surface area (Å²) in [6.45, 7) is 2.44. The lowest BCUT2D eigenvalue weighted by Crippen LogP contribution is -2.33. The Kier molecular flexibility index (Phi) is 3.83. The molecule has 0 aromatic carbocycles. The van der Waals surface area contributed by atoms with Crippen LogP contribution in [0.4, 0.5) is 10.2 Å². The van der Waals surface area contributed by atoms with Crippen LogP contribution in [0, 0.1) is 5.82 Å². The van der Waals surface area contributed by atoms with Crippen molar-refractivity contribution in [1.82, 2.24) is 4.98 Å². The number of hydrogen-bond donors (Lipinski definition) is 1. The summed E-state index contributed by atoms with van der Waals surface area (Å²) >= 11 is 3.15. The van der Waals surface area contributed by atoms with E-state index in [1.807, 2.05) is 6.92 Å². The molecular weight excluding hydrogens is 249 g/mol. The summed E-state index contributed by atoms with van der Waals surface area (Å²) in [6, 6.07) is 1.38. The van der Waals surface area contributed by atoms with Crippen LogP contribution in [-0.2, 0) is 0 Å². The third-order valence-corrected chi connectivity index (χ3v) is 2.15. The number of halogens is 2. The van der Waals surface area contributed by atoms with Crippen molar-refractivity contribution in [3.8, 4) is 0 Å². The molecule has 0 aliphatic heterocycles. The van der Waals surface area contributed by atoms with Gasteiger partial charge in [-0.3, -0.25) is 0 Å². The lowest BCUT2D eigenvalue weighted by Gasteiger charge is -2.20. The number of pyridine rings is 1. The number of anilines is 1. The monoisotopic (exact) mass is 261 g/mol. The number of aromatic nitrogens is 1. The van der Waals surface area contributed by atoms with E-state index in [9.17, 15) is 4.39 Å². The summed E-state index contributed by atoms with van der Waals surface area (Å²) in [5.74, 6) is -0.0203. The Balaban J connectivity index is 2.84. The molecule has 2 N–H and O–H groups in total. The summed E-state index contributed by atoms with van der Waals surface area (Å²) in [4.78, 5) is 5.68. The van der Waals surface area contributed by atoms with Gasteiger partial charge in [0, 0.05) is 30.3 Å². The minimum Gasteiger partial charge on any atom is -0.356 e. The average molecular weight is 262 g/mol. The van der Waals surface area contributed by atoms with Gasteiger partial charge in [-0.1, -0.05) is 0 Å². The highest BCUT2D eigenvalue weighted by Gasteiger charge is 2.10. The molecule has 5 heteroatoms. The molecule has 0 aliphatic rings. The van der Waals surface area contributed by atoms with Crippen LogP contribution in [0.1, 0.15) is 6.92 Å². The molecule has 0 radical (unpaired) electrons. The quantitative estimate of drug-likeness (QED) is 0.902. The van der Waals surface area contributed by atoms with E-state index in [2.05, 4.69) is 20.9 Å². The van der Waals surface area contributed by atoms with Crippen molar-refractivity contribution in [2.24, 2.45) is 5.73 Å². The van der Waals surface area contributed by atoms with Gasteiger partial charge in [0.2, 0.25) is 0 Å². The number of rotatable bonds is 3. The normalized spacial score (nSPS) is 12.6. The highest BCUT2D eigenvalue weighted by Crippen LogP contribution is 2.18. The van der Waals surface area contributed by atoms with E-state index in [-0.39, 0.29) is 11.9 Å². The minimum atomic E-state index is -0.345. The average Bonchev–Trinajstić information content (AvgIpc) is 2.01. The molecule has 0 saturated heterocycles. The second-order valence-electron chi connectivity index (χ2n) is 3.32. The van der Waals surface area contributed by atoms with E-state index in [1.54, 1.807) is 18.1 Å². The molecule has 0 fully saturated rings. The van der Waals surface area contributed by atoms with Crippen LogP contribution in [-0.4, -0.2) is 24.6 Å². The van der Waals surface area contributed by atoms with Gasteiger partial charge >= 0.3 is 0 Å². The second-order valence-corrected chi connectivity index (χ2v) is 4.23. The van der Waals surface area contributed by atoms with Gasteiger partial charge in [-0.15, -0.1) is 0 Å². The summed E-state index contributed by atoms with van der Waals surface area (Å²) in [7, 11) is 1.77. The molecule has 14 heavy (non-hydrogen) atoms. The van der Waals surface area contributed by atoms with E-state index in [0.717, 1.165) is 0 Å². The zero-order chi connectivity index (χ0) is 10.7. The van der Waals surface area contributed by atoms with E-state index < -0.39 is 0 Å². The van der Waals surface area contributed by atoms with Gasteiger partial charge in [0.25, 0.3) is 0 Å². The highest BCUT2D eigenvalue weighted by atomic mass is 79.9. The molecule has 0 spiro atoms. The minimum absolute atomic E-state index is 0.00940. The number of nitrogens with zero attached hydrogens (tertiary/aromatic N) is 2. The van der Waals surface area contributed by atoms with Crippen LogP contribution in [0.5, 0.6) is 0 Å². The molecule has 1 atom stereocenters. The zero-order valence-electron chi connectivity index (χ0n) is 8.17. The Hall–Kier alpha value is -0.680. The fraction of sp³-hybridized carbons (Fsp3) is 0.444. The maximum Gasteiger partial charge on any atom is 0.166 e. The molecule has 1 aromatic rings. The van der Waals surface area contributed by atoms with Crippen molar-refractivity contribution in [3.05, 3.63) is 22.6 Å². The number of nitrogens with two attached hydrogens (primary N) is 1. The van der Waals surface area contributed by atoms with E-state index in [0.29, 0.717) is 16.8 Å². The summed E-state index contributed by atoms with van der Waals surface area (Å²) in [6.07, 6.45) is 1.57. The first-order valence-corrected chi connectivity index (χ1v) is 5.07. The second kappa shape index (κ2) is 4.70. The Bertz CT molecular complexity index is 317. The molecule has 0 amide bonds. The number of likely N-dealkylation sites (N-methyl/N-ethyl adjacent to an activating group) is 1. The lowest BCUT2D eigenvalue weighted by molar-refractivity contribution is 0.607. The van der Waals surface area contributed by atoms with Gasteiger partial charge in [-0.05, 0) is 28.9 Å². The molecule has 1 rings (SSSR count). The van der Waals surface area contributed by atoms with Gasteiger partial charge in [0.05, 0.1) is 0 Å². The topological polar surface area (TPSA) is 42.1 Å². The molecule has 1 unspecified atom stereocenters. The van der Waals surface area contributed by atoms with Gasteiger partial charge in [-0.25, -0.2) is 9.37 Å². The first-order valence-electron chi connectivity index (χ1n) is 4.28. The largest absolute Gasteiger partial charge is 0.356 e. The van der Waals surface area contributed by atoms with Crippen molar-refractivity contribution < 1.29 is 4.39 Å². The Labute approximate surface area is 91.2 Å². The smallest absolute Gasteiger partial charge is 0.166 e. The standard InChI is InChI=1S/C9H13BrFN3/c1-6(12)5-14(2)9-8(11)3-7(10)4-13-9/h3-4,6H,5,12H2,1-2H3. The predicted octanol–water partition coefficient (Wildman–Crippen LogP) is 1.77. The summed E-state index contributed by atoms with van der Waals surface area (Å²) < 4.78 is 14.0. The van der Waals surface area contributed by atoms with E-state index in [4.69, 9.17) is 5.73 Å². The third kappa shape index (κ3) is 2.92. The molecule has 78 valence electrons. The zero-order valence-corrected chi connectivity index (χ0v) is 9.75. The Morgan fingerprint density at radius 2 is 2.36 bits per heavy atom. The van der Waals surface area contributed by atoms with Crippen molar-refractivity contribution >= 4 is 21.7 Å². The predicted molar refractivity (Wildman–Crippen MR) is 58.8 cm³/mol. The maximum atomic E-state index is 13.4. The molecule has 0 bridgehead atoms. The van der Waals surface area contributed by atoms with Crippen LogP contribution in [0.15, 0.2) is 16.7 Å².